The van der Waals surface area contributed by atoms with Gasteiger partial charge in [-0.25, -0.2) is 0 Å². The molecule has 0 rings (SSSR count). The molecule has 0 unspecified atom stereocenters. The van der Waals surface area contributed by atoms with Crippen LogP contribution in [0.4, 0.5) is 4.39 Å². The summed E-state index contributed by atoms with van der Waals surface area (Å²) in [6.07, 6.45) is 6.66. The lowest BCUT2D eigenvalue weighted by atomic mass is 10.0. The topological polar surface area (TPSA) is 0 Å². The molecular weight excluding hydrogens is 139 g/mol. The molecule has 0 nitrogen and oxygen atoms in total. The van der Waals surface area contributed by atoms with E-state index >= 15 is 0 Å². The Morgan fingerprint density at radius 1 is 1.45 bits per heavy atom. The van der Waals surface area contributed by atoms with Gasteiger partial charge in [0.2, 0.25) is 0 Å². The standard InChI is InChI=1S/C10H17F/c1-4-9(3)6-7-10(5-2)8-11/h4,6-7,9-10H,1,5,8H2,2-3H3/b7-6+/t9-,10-/m1/s1. The second-order valence-corrected chi connectivity index (χ2v) is 2.80. The summed E-state index contributed by atoms with van der Waals surface area (Å²) < 4.78 is 12.1. The van der Waals surface area contributed by atoms with Crippen LogP contribution in [0, 0.1) is 11.8 Å². The van der Waals surface area contributed by atoms with Crippen LogP contribution in [-0.2, 0) is 0 Å². The number of rotatable bonds is 5. The molecule has 0 aromatic heterocycles. The lowest BCUT2D eigenvalue weighted by Gasteiger charge is -2.03. The zero-order chi connectivity index (χ0) is 8.69. The van der Waals surface area contributed by atoms with Gasteiger partial charge in [-0.3, -0.25) is 4.39 Å². The predicted molar refractivity (Wildman–Crippen MR) is 48.3 cm³/mol. The second-order valence-electron chi connectivity index (χ2n) is 2.80. The second kappa shape index (κ2) is 6.14. The van der Waals surface area contributed by atoms with Crippen molar-refractivity contribution in [3.63, 3.8) is 0 Å². The summed E-state index contributed by atoms with van der Waals surface area (Å²) in [5, 5.41) is 0. The fourth-order valence-corrected chi connectivity index (χ4v) is 0.708. The first-order chi connectivity index (χ1) is 5.24. The van der Waals surface area contributed by atoms with E-state index in [1.54, 1.807) is 0 Å². The zero-order valence-corrected chi connectivity index (χ0v) is 7.39. The fourth-order valence-electron chi connectivity index (χ4n) is 0.708. The average molecular weight is 156 g/mol. The first kappa shape index (κ1) is 10.4. The van der Waals surface area contributed by atoms with E-state index in [1.807, 2.05) is 32.1 Å². The zero-order valence-electron chi connectivity index (χ0n) is 7.39. The number of allylic oxidation sites excluding steroid dienone is 3. The lowest BCUT2D eigenvalue weighted by molar-refractivity contribution is 0.403. The third kappa shape index (κ3) is 4.77. The smallest absolute Gasteiger partial charge is 0.0956 e. The molecule has 0 N–H and O–H groups in total. The molecule has 0 saturated carbocycles. The van der Waals surface area contributed by atoms with Gasteiger partial charge in [-0.1, -0.05) is 32.1 Å². The van der Waals surface area contributed by atoms with Crippen molar-refractivity contribution in [2.45, 2.75) is 20.3 Å². The highest BCUT2D eigenvalue weighted by atomic mass is 19.1. The molecule has 2 atom stereocenters. The van der Waals surface area contributed by atoms with Crippen LogP contribution >= 0.6 is 0 Å². The van der Waals surface area contributed by atoms with Gasteiger partial charge < -0.3 is 0 Å². The Kier molecular flexibility index (Phi) is 5.81. The van der Waals surface area contributed by atoms with Crippen LogP contribution in [0.1, 0.15) is 20.3 Å². The molecule has 0 spiro atoms. The quantitative estimate of drug-likeness (QED) is 0.535. The van der Waals surface area contributed by atoms with Gasteiger partial charge in [-0.2, -0.15) is 0 Å². The summed E-state index contributed by atoms with van der Waals surface area (Å²) in [7, 11) is 0. The van der Waals surface area contributed by atoms with Gasteiger partial charge in [-0.15, -0.1) is 6.58 Å². The molecule has 1 heteroatoms. The van der Waals surface area contributed by atoms with E-state index in [9.17, 15) is 4.39 Å². The third-order valence-electron chi connectivity index (χ3n) is 1.78. The summed E-state index contributed by atoms with van der Waals surface area (Å²) in [5.41, 5.74) is 0. The molecule has 0 amide bonds. The third-order valence-corrected chi connectivity index (χ3v) is 1.78. The van der Waals surface area contributed by atoms with Gasteiger partial charge >= 0.3 is 0 Å². The van der Waals surface area contributed by atoms with Crippen LogP contribution in [0.2, 0.25) is 0 Å². The molecule has 11 heavy (non-hydrogen) atoms. The maximum atomic E-state index is 12.1. The number of hydrogen-bond acceptors (Lipinski definition) is 0. The van der Waals surface area contributed by atoms with Gasteiger partial charge in [0.05, 0.1) is 6.67 Å². The van der Waals surface area contributed by atoms with Crippen molar-refractivity contribution in [3.8, 4) is 0 Å². The van der Waals surface area contributed by atoms with Crippen molar-refractivity contribution >= 4 is 0 Å². The molecule has 0 aliphatic carbocycles. The minimum Gasteiger partial charge on any atom is -0.250 e. The Labute approximate surface area is 68.8 Å². The molecule has 64 valence electrons. The van der Waals surface area contributed by atoms with Crippen LogP contribution in [0.3, 0.4) is 0 Å². The maximum absolute atomic E-state index is 12.1. The molecule has 0 aliphatic heterocycles. The van der Waals surface area contributed by atoms with Crippen LogP contribution in [0.25, 0.3) is 0 Å². The Balaban J connectivity index is 3.77. The number of halogens is 1. The van der Waals surface area contributed by atoms with Crippen LogP contribution in [0.5, 0.6) is 0 Å². The summed E-state index contributed by atoms with van der Waals surface area (Å²) in [5.74, 6) is 0.452. The van der Waals surface area contributed by atoms with E-state index in [1.165, 1.54) is 0 Å². The van der Waals surface area contributed by atoms with E-state index in [0.717, 1.165) is 6.42 Å². The molecular formula is C10H17F. The van der Waals surface area contributed by atoms with E-state index in [2.05, 4.69) is 6.58 Å². The highest BCUT2D eigenvalue weighted by Gasteiger charge is 1.99. The average Bonchev–Trinajstić information content (AvgIpc) is 2.06. The Hall–Kier alpha value is -0.590. The summed E-state index contributed by atoms with van der Waals surface area (Å²) >= 11 is 0. The first-order valence-corrected chi connectivity index (χ1v) is 4.11. The van der Waals surface area contributed by atoms with E-state index in [-0.39, 0.29) is 12.6 Å². The van der Waals surface area contributed by atoms with Gasteiger partial charge in [-0.05, 0) is 12.3 Å². The number of alkyl halides is 1. The number of hydrogen-bond donors (Lipinski definition) is 0. The Bertz CT molecular complexity index is 123. The first-order valence-electron chi connectivity index (χ1n) is 4.11. The van der Waals surface area contributed by atoms with E-state index < -0.39 is 0 Å². The molecule has 0 aliphatic rings. The van der Waals surface area contributed by atoms with Crippen molar-refractivity contribution in [1.29, 1.82) is 0 Å². The van der Waals surface area contributed by atoms with Crippen molar-refractivity contribution in [2.75, 3.05) is 6.67 Å². The molecule has 0 heterocycles. The lowest BCUT2D eigenvalue weighted by Crippen LogP contribution is -1.96. The van der Waals surface area contributed by atoms with Crippen molar-refractivity contribution < 1.29 is 4.39 Å². The Morgan fingerprint density at radius 2 is 2.09 bits per heavy atom. The molecule has 0 saturated heterocycles. The van der Waals surface area contributed by atoms with Crippen LogP contribution in [0.15, 0.2) is 24.8 Å². The van der Waals surface area contributed by atoms with E-state index in [4.69, 9.17) is 0 Å². The van der Waals surface area contributed by atoms with Crippen molar-refractivity contribution in [2.24, 2.45) is 11.8 Å². The minimum absolute atomic E-state index is 0.0948. The molecule has 0 radical (unpaired) electrons. The van der Waals surface area contributed by atoms with E-state index in [0.29, 0.717) is 5.92 Å². The van der Waals surface area contributed by atoms with Crippen molar-refractivity contribution in [3.05, 3.63) is 24.8 Å². The van der Waals surface area contributed by atoms with Gasteiger partial charge in [0.15, 0.2) is 0 Å². The minimum atomic E-state index is -0.253. The largest absolute Gasteiger partial charge is 0.250 e. The van der Waals surface area contributed by atoms with Crippen LogP contribution in [-0.4, -0.2) is 6.67 Å². The highest BCUT2D eigenvalue weighted by molar-refractivity contribution is 4.97. The normalized spacial score (nSPS) is 16.6. The molecule has 0 aromatic rings. The van der Waals surface area contributed by atoms with Crippen LogP contribution < -0.4 is 0 Å². The maximum Gasteiger partial charge on any atom is 0.0956 e. The highest BCUT2D eigenvalue weighted by Crippen LogP contribution is 2.07. The predicted octanol–water partition coefficient (Wildman–Crippen LogP) is 3.36. The van der Waals surface area contributed by atoms with Gasteiger partial charge in [0.25, 0.3) is 0 Å². The monoisotopic (exact) mass is 156 g/mol. The fraction of sp³-hybridized carbons (Fsp3) is 0.600. The Morgan fingerprint density at radius 3 is 2.45 bits per heavy atom. The molecule has 0 bridgehead atoms. The summed E-state index contributed by atoms with van der Waals surface area (Å²) in [6, 6.07) is 0. The molecule has 0 fully saturated rings. The SMILES string of the molecule is C=C[C@@H](C)/C=C/[C@@H](CC)CF. The molecule has 0 aromatic carbocycles. The van der Waals surface area contributed by atoms with Gasteiger partial charge in [0, 0.05) is 5.92 Å². The summed E-state index contributed by atoms with van der Waals surface area (Å²) in [6.45, 7) is 7.42. The van der Waals surface area contributed by atoms with Gasteiger partial charge in [0.1, 0.15) is 0 Å². The summed E-state index contributed by atoms with van der Waals surface area (Å²) in [4.78, 5) is 0. The van der Waals surface area contributed by atoms with Crippen molar-refractivity contribution in [1.82, 2.24) is 0 Å².